The lowest BCUT2D eigenvalue weighted by molar-refractivity contribution is 0.123. The minimum Gasteiger partial charge on any atom is -0.395 e. The van der Waals surface area contributed by atoms with E-state index in [1.165, 1.54) is 0 Å². The van der Waals surface area contributed by atoms with Crippen LogP contribution in [0, 0.1) is 0 Å². The molecule has 0 aliphatic heterocycles. The Morgan fingerprint density at radius 1 is 1.04 bits per heavy atom. The van der Waals surface area contributed by atoms with Gasteiger partial charge in [-0.15, -0.1) is 0 Å². The van der Waals surface area contributed by atoms with Gasteiger partial charge < -0.3 is 14.8 Å². The molecule has 1 atom stereocenters. The number of benzene rings is 2. The molecule has 1 aromatic heterocycles. The van der Waals surface area contributed by atoms with Gasteiger partial charge in [-0.2, -0.15) is 4.31 Å². The molecule has 3 rings (SSSR count). The molecule has 1 heterocycles. The highest BCUT2D eigenvalue weighted by atomic mass is 32.2. The second kappa shape index (κ2) is 7.13. The van der Waals surface area contributed by atoms with Gasteiger partial charge in [-0.1, -0.05) is 36.4 Å². The number of sulfonamides is 1. The third-order valence-electron chi connectivity index (χ3n) is 4.31. The Morgan fingerprint density at radius 3 is 2.04 bits per heavy atom. The topological polar surface area (TPSA) is 82.8 Å². The summed E-state index contributed by atoms with van der Waals surface area (Å²) in [4.78, 5) is 0. The lowest BCUT2D eigenvalue weighted by atomic mass is 10.2. The third kappa shape index (κ3) is 3.69. The van der Waals surface area contributed by atoms with Gasteiger partial charge in [0, 0.05) is 34.9 Å². The smallest absolute Gasteiger partial charge is 0.211 e. The van der Waals surface area contributed by atoms with Gasteiger partial charge in [-0.25, -0.2) is 8.42 Å². The van der Waals surface area contributed by atoms with E-state index in [0.717, 1.165) is 32.4 Å². The summed E-state index contributed by atoms with van der Waals surface area (Å²) in [7, 11) is -3.48. The van der Waals surface area contributed by atoms with E-state index >= 15 is 0 Å². The van der Waals surface area contributed by atoms with Crippen LogP contribution in [-0.4, -0.2) is 59.6 Å². The van der Waals surface area contributed by atoms with Crippen LogP contribution in [0.15, 0.2) is 48.5 Å². The minimum absolute atomic E-state index is 0.0247. The zero-order valence-corrected chi connectivity index (χ0v) is 14.9. The van der Waals surface area contributed by atoms with Crippen molar-refractivity contribution in [2.24, 2.45) is 0 Å². The lowest BCUT2D eigenvalue weighted by Crippen LogP contribution is -2.40. The van der Waals surface area contributed by atoms with Gasteiger partial charge in [-0.3, -0.25) is 0 Å². The predicted octanol–water partition coefficient (Wildman–Crippen LogP) is 1.41. The van der Waals surface area contributed by atoms with Gasteiger partial charge in [0.05, 0.1) is 25.5 Å². The number of rotatable bonds is 7. The molecule has 0 saturated carbocycles. The molecule has 0 radical (unpaired) electrons. The Labute approximate surface area is 147 Å². The van der Waals surface area contributed by atoms with Crippen LogP contribution in [0.3, 0.4) is 0 Å². The van der Waals surface area contributed by atoms with Crippen LogP contribution in [-0.2, 0) is 16.6 Å². The van der Waals surface area contributed by atoms with Crippen molar-refractivity contribution < 1.29 is 18.6 Å². The van der Waals surface area contributed by atoms with Crippen LogP contribution in [0.25, 0.3) is 21.8 Å². The van der Waals surface area contributed by atoms with Gasteiger partial charge in [-0.05, 0) is 12.1 Å². The molecule has 0 spiro atoms. The van der Waals surface area contributed by atoms with Crippen LogP contribution < -0.4 is 0 Å². The minimum atomic E-state index is -3.48. The zero-order valence-electron chi connectivity index (χ0n) is 14.0. The molecular weight excluding hydrogens is 340 g/mol. The molecule has 25 heavy (non-hydrogen) atoms. The van der Waals surface area contributed by atoms with Crippen LogP contribution in [0.2, 0.25) is 0 Å². The number of fused-ring (bicyclic) bond motifs is 3. The van der Waals surface area contributed by atoms with Gasteiger partial charge in [0.25, 0.3) is 0 Å². The number of nitrogens with zero attached hydrogens (tertiary/aromatic N) is 2. The van der Waals surface area contributed by atoms with E-state index in [9.17, 15) is 13.5 Å². The van der Waals surface area contributed by atoms with E-state index in [1.54, 1.807) is 0 Å². The first kappa shape index (κ1) is 17.9. The van der Waals surface area contributed by atoms with Crippen molar-refractivity contribution in [1.82, 2.24) is 8.87 Å². The molecule has 134 valence electrons. The summed E-state index contributed by atoms with van der Waals surface area (Å²) in [6.45, 7) is -0.0933. The Hall–Kier alpha value is -1.93. The van der Waals surface area contributed by atoms with E-state index in [4.69, 9.17) is 5.11 Å². The van der Waals surface area contributed by atoms with Crippen molar-refractivity contribution in [3.63, 3.8) is 0 Å². The fraction of sp³-hybridized carbons (Fsp3) is 0.333. The fourth-order valence-electron chi connectivity index (χ4n) is 3.21. The molecule has 0 aliphatic carbocycles. The number of para-hydroxylation sites is 2. The zero-order chi connectivity index (χ0) is 18.0. The summed E-state index contributed by atoms with van der Waals surface area (Å²) in [5, 5.41) is 21.7. The van der Waals surface area contributed by atoms with Gasteiger partial charge >= 0.3 is 0 Å². The van der Waals surface area contributed by atoms with Crippen molar-refractivity contribution in [2.45, 2.75) is 12.6 Å². The molecule has 2 N–H and O–H groups in total. The number of aliphatic hydroxyl groups is 2. The van der Waals surface area contributed by atoms with Crippen molar-refractivity contribution >= 4 is 31.8 Å². The number of hydrogen-bond acceptors (Lipinski definition) is 4. The summed E-state index contributed by atoms with van der Waals surface area (Å²) >= 11 is 0. The SMILES string of the molecule is CS(=O)(=O)N(CCO)CC(O)Cn1c2ccccc2c2ccccc21. The second-order valence-electron chi connectivity index (χ2n) is 6.14. The maximum atomic E-state index is 11.8. The van der Waals surface area contributed by atoms with E-state index < -0.39 is 16.1 Å². The number of aromatic nitrogens is 1. The normalized spacial score (nSPS) is 13.8. The molecule has 2 aromatic carbocycles. The van der Waals surface area contributed by atoms with Crippen molar-refractivity contribution in [3.8, 4) is 0 Å². The summed E-state index contributed by atoms with van der Waals surface area (Å²) in [5.41, 5.74) is 1.99. The molecule has 1 unspecified atom stereocenters. The van der Waals surface area contributed by atoms with Crippen LogP contribution in [0.1, 0.15) is 0 Å². The maximum absolute atomic E-state index is 11.8. The fourth-order valence-corrected chi connectivity index (χ4v) is 4.06. The van der Waals surface area contributed by atoms with Crippen molar-refractivity contribution in [1.29, 1.82) is 0 Å². The largest absolute Gasteiger partial charge is 0.395 e. The van der Waals surface area contributed by atoms with Crippen molar-refractivity contribution in [2.75, 3.05) is 26.0 Å². The molecule has 0 aliphatic rings. The van der Waals surface area contributed by atoms with Crippen molar-refractivity contribution in [3.05, 3.63) is 48.5 Å². The summed E-state index contributed by atoms with van der Waals surface area (Å²) in [5.74, 6) is 0. The molecule has 0 saturated heterocycles. The molecule has 7 heteroatoms. The van der Waals surface area contributed by atoms with Gasteiger partial charge in [0.1, 0.15) is 0 Å². The van der Waals surface area contributed by atoms with E-state index in [-0.39, 0.29) is 26.2 Å². The van der Waals surface area contributed by atoms with Crippen LogP contribution >= 0.6 is 0 Å². The average Bonchev–Trinajstić information content (AvgIpc) is 2.88. The number of hydrogen-bond donors (Lipinski definition) is 2. The van der Waals surface area contributed by atoms with E-state index in [0.29, 0.717) is 0 Å². The predicted molar refractivity (Wildman–Crippen MR) is 99.0 cm³/mol. The Bertz CT molecular complexity index is 928. The summed E-state index contributed by atoms with van der Waals surface area (Å²) in [6, 6.07) is 15.9. The highest BCUT2D eigenvalue weighted by Crippen LogP contribution is 2.28. The first-order valence-electron chi connectivity index (χ1n) is 8.12. The lowest BCUT2D eigenvalue weighted by Gasteiger charge is -2.23. The van der Waals surface area contributed by atoms with Gasteiger partial charge in [0.2, 0.25) is 10.0 Å². The van der Waals surface area contributed by atoms with E-state index in [2.05, 4.69) is 0 Å². The molecule has 6 nitrogen and oxygen atoms in total. The Morgan fingerprint density at radius 2 is 1.56 bits per heavy atom. The monoisotopic (exact) mass is 362 g/mol. The molecule has 3 aromatic rings. The molecule has 0 amide bonds. The standard InChI is InChI=1S/C18H22N2O4S/c1-25(23,24)19(10-11-21)12-14(22)13-20-17-8-4-2-6-15(17)16-7-3-5-9-18(16)20/h2-9,14,21-22H,10-13H2,1H3. The van der Waals surface area contributed by atoms with Crippen LogP contribution in [0.5, 0.6) is 0 Å². The van der Waals surface area contributed by atoms with Gasteiger partial charge in [0.15, 0.2) is 0 Å². The highest BCUT2D eigenvalue weighted by Gasteiger charge is 2.21. The summed E-state index contributed by atoms with van der Waals surface area (Å²) < 4.78 is 26.7. The maximum Gasteiger partial charge on any atom is 0.211 e. The Kier molecular flexibility index (Phi) is 5.10. The second-order valence-corrected chi connectivity index (χ2v) is 8.13. The summed E-state index contributed by atoms with van der Waals surface area (Å²) in [6.07, 6.45) is 0.191. The first-order valence-corrected chi connectivity index (χ1v) is 9.96. The molecule has 0 fully saturated rings. The molecule has 0 bridgehead atoms. The average molecular weight is 362 g/mol. The number of aliphatic hydroxyl groups excluding tert-OH is 2. The third-order valence-corrected chi connectivity index (χ3v) is 5.58. The highest BCUT2D eigenvalue weighted by molar-refractivity contribution is 7.88. The van der Waals surface area contributed by atoms with Crippen LogP contribution in [0.4, 0.5) is 0 Å². The molecular formula is C18H22N2O4S. The quantitative estimate of drug-likeness (QED) is 0.666. The van der Waals surface area contributed by atoms with E-state index in [1.807, 2.05) is 53.1 Å². The Balaban J connectivity index is 1.94. The first-order chi connectivity index (χ1) is 11.9.